The first-order valence-electron chi connectivity index (χ1n) is 8.29. The average molecular weight is 346 g/mol. The van der Waals surface area contributed by atoms with Crippen LogP contribution in [0, 0.1) is 5.92 Å². The number of rotatable bonds is 3. The van der Waals surface area contributed by atoms with Crippen LogP contribution in [0.15, 0.2) is 18.2 Å². The number of carbonyl (C=O) groups is 2. The molecule has 0 radical (unpaired) electrons. The van der Waals surface area contributed by atoms with Crippen LogP contribution in [-0.2, 0) is 4.79 Å². The van der Waals surface area contributed by atoms with Crippen LogP contribution in [0.1, 0.15) is 23.3 Å². The van der Waals surface area contributed by atoms with Gasteiger partial charge in [-0.1, -0.05) is 0 Å². The molecule has 5 rings (SSSR count). The number of benzene rings is 1. The zero-order valence-corrected chi connectivity index (χ0v) is 14.1. The standard InChI is InChI=1S/C16H20N4O2.CH2O2/c1-22-11-2-3-13-12(8-11)15(19-18-13)16(21)17-14-9-20-6-4-10(14)5-7-20;2-1-3/h2-3,8,10,14H,4-7,9H2,1H3,(H,17,21)(H,18,19);1H,(H,2,3)/t14-;/m0./s1. The first-order chi connectivity index (χ1) is 12.2. The second kappa shape index (κ2) is 7.52. The minimum absolute atomic E-state index is 0.0988. The van der Waals surface area contributed by atoms with Crippen molar-refractivity contribution in [2.45, 2.75) is 18.9 Å². The summed E-state index contributed by atoms with van der Waals surface area (Å²) >= 11 is 0. The summed E-state index contributed by atoms with van der Waals surface area (Å²) in [6.07, 6.45) is 2.36. The molecule has 2 bridgehead atoms. The Bertz CT molecular complexity index is 752. The van der Waals surface area contributed by atoms with Crippen molar-refractivity contribution in [2.75, 3.05) is 26.7 Å². The van der Waals surface area contributed by atoms with E-state index in [0.717, 1.165) is 23.2 Å². The van der Waals surface area contributed by atoms with E-state index >= 15 is 0 Å². The van der Waals surface area contributed by atoms with Crippen LogP contribution in [-0.4, -0.2) is 65.4 Å². The number of nitrogens with one attached hydrogen (secondary N) is 2. The number of H-pyrrole nitrogens is 1. The SMILES string of the molecule is COc1ccc2[nH]nc(C(=O)N[C@H]3CN4CCC3CC4)c2c1.O=CO. The topological polar surface area (TPSA) is 108 Å². The molecule has 4 heterocycles. The third-order valence-corrected chi connectivity index (χ3v) is 4.96. The predicted octanol–water partition coefficient (Wildman–Crippen LogP) is 1.10. The number of carbonyl (C=O) groups excluding carboxylic acids is 1. The number of nitrogens with zero attached hydrogens (tertiary/aromatic N) is 2. The molecule has 3 N–H and O–H groups in total. The Morgan fingerprint density at radius 2 is 2.16 bits per heavy atom. The van der Waals surface area contributed by atoms with Crippen molar-refractivity contribution in [3.8, 4) is 5.75 Å². The number of hydrogen-bond donors (Lipinski definition) is 3. The molecular formula is C17H22N4O4. The lowest BCUT2D eigenvalue weighted by Crippen LogP contribution is -2.57. The monoisotopic (exact) mass is 346 g/mol. The number of carboxylic acid groups (broad SMARTS) is 1. The van der Waals surface area contributed by atoms with Crippen LogP contribution in [0.3, 0.4) is 0 Å². The summed E-state index contributed by atoms with van der Waals surface area (Å²) in [6, 6.07) is 5.83. The van der Waals surface area contributed by atoms with Gasteiger partial charge in [-0.3, -0.25) is 14.7 Å². The molecule has 1 aromatic carbocycles. The number of hydrogen-bond acceptors (Lipinski definition) is 5. The number of ether oxygens (including phenoxy) is 1. The van der Waals surface area contributed by atoms with Gasteiger partial charge in [-0.25, -0.2) is 0 Å². The van der Waals surface area contributed by atoms with Gasteiger partial charge in [-0.05, 0) is 50.0 Å². The van der Waals surface area contributed by atoms with Crippen LogP contribution in [0.4, 0.5) is 0 Å². The lowest BCUT2D eigenvalue weighted by Gasteiger charge is -2.44. The molecule has 1 aromatic heterocycles. The van der Waals surface area contributed by atoms with Gasteiger partial charge < -0.3 is 20.1 Å². The molecule has 3 saturated heterocycles. The maximum absolute atomic E-state index is 12.6. The highest BCUT2D eigenvalue weighted by atomic mass is 16.5. The second-order valence-corrected chi connectivity index (χ2v) is 6.31. The normalized spacial score (nSPS) is 24.3. The summed E-state index contributed by atoms with van der Waals surface area (Å²) in [5.41, 5.74) is 1.30. The summed E-state index contributed by atoms with van der Waals surface area (Å²) in [7, 11) is 1.62. The summed E-state index contributed by atoms with van der Waals surface area (Å²) in [4.78, 5) is 23.4. The molecule has 0 unspecified atom stereocenters. The lowest BCUT2D eigenvalue weighted by molar-refractivity contribution is -0.122. The molecule has 3 aliphatic heterocycles. The third kappa shape index (κ3) is 3.58. The van der Waals surface area contributed by atoms with Crippen molar-refractivity contribution in [1.82, 2.24) is 20.4 Å². The van der Waals surface area contributed by atoms with Crippen molar-refractivity contribution >= 4 is 23.3 Å². The van der Waals surface area contributed by atoms with Gasteiger partial charge in [0.15, 0.2) is 5.69 Å². The maximum Gasteiger partial charge on any atom is 0.290 e. The Morgan fingerprint density at radius 1 is 1.44 bits per heavy atom. The van der Waals surface area contributed by atoms with E-state index in [9.17, 15) is 4.79 Å². The Balaban J connectivity index is 0.000000569. The van der Waals surface area contributed by atoms with Gasteiger partial charge >= 0.3 is 0 Å². The molecule has 25 heavy (non-hydrogen) atoms. The number of amides is 1. The molecule has 1 atom stereocenters. The first kappa shape index (κ1) is 17.2. The fourth-order valence-electron chi connectivity index (χ4n) is 3.66. The van der Waals surface area contributed by atoms with Gasteiger partial charge in [0.25, 0.3) is 12.4 Å². The van der Waals surface area contributed by atoms with E-state index in [4.69, 9.17) is 14.6 Å². The predicted molar refractivity (Wildman–Crippen MR) is 91.8 cm³/mol. The van der Waals surface area contributed by atoms with Gasteiger partial charge in [0.1, 0.15) is 5.75 Å². The minimum Gasteiger partial charge on any atom is -0.497 e. The zero-order chi connectivity index (χ0) is 17.8. The molecule has 134 valence electrons. The zero-order valence-electron chi connectivity index (χ0n) is 14.1. The summed E-state index contributed by atoms with van der Waals surface area (Å²) in [5.74, 6) is 1.23. The number of methoxy groups -OCH3 is 1. The first-order valence-corrected chi connectivity index (χ1v) is 8.29. The number of aromatic amines is 1. The quantitative estimate of drug-likeness (QED) is 0.718. The summed E-state index contributed by atoms with van der Waals surface area (Å²) < 4.78 is 5.24. The highest BCUT2D eigenvalue weighted by molar-refractivity contribution is 6.05. The molecule has 0 aliphatic carbocycles. The number of piperidine rings is 3. The van der Waals surface area contributed by atoms with E-state index in [1.54, 1.807) is 7.11 Å². The second-order valence-electron chi connectivity index (χ2n) is 6.31. The molecule has 3 aliphatic rings. The van der Waals surface area contributed by atoms with Gasteiger partial charge in [-0.15, -0.1) is 0 Å². The van der Waals surface area contributed by atoms with Crippen molar-refractivity contribution in [3.05, 3.63) is 23.9 Å². The largest absolute Gasteiger partial charge is 0.497 e. The fraction of sp³-hybridized carbons (Fsp3) is 0.471. The van der Waals surface area contributed by atoms with Crippen molar-refractivity contribution in [1.29, 1.82) is 0 Å². The van der Waals surface area contributed by atoms with Crippen LogP contribution in [0.5, 0.6) is 5.75 Å². The van der Waals surface area contributed by atoms with Crippen LogP contribution in [0.2, 0.25) is 0 Å². The average Bonchev–Trinajstić information content (AvgIpc) is 3.06. The molecule has 1 amide bonds. The highest BCUT2D eigenvalue weighted by Crippen LogP contribution is 2.28. The van der Waals surface area contributed by atoms with E-state index in [0.29, 0.717) is 11.6 Å². The molecule has 3 fully saturated rings. The third-order valence-electron chi connectivity index (χ3n) is 4.96. The molecule has 0 saturated carbocycles. The van der Waals surface area contributed by atoms with Crippen molar-refractivity contribution in [3.63, 3.8) is 0 Å². The number of aromatic nitrogens is 2. The Labute approximate surface area is 145 Å². The van der Waals surface area contributed by atoms with Crippen LogP contribution >= 0.6 is 0 Å². The minimum atomic E-state index is -0.250. The molecule has 8 heteroatoms. The van der Waals surface area contributed by atoms with E-state index in [1.165, 1.54) is 25.9 Å². The van der Waals surface area contributed by atoms with Gasteiger partial charge in [0.2, 0.25) is 0 Å². The van der Waals surface area contributed by atoms with E-state index in [1.807, 2.05) is 18.2 Å². The Morgan fingerprint density at radius 3 is 2.76 bits per heavy atom. The highest BCUT2D eigenvalue weighted by Gasteiger charge is 2.35. The van der Waals surface area contributed by atoms with Crippen LogP contribution in [0.25, 0.3) is 10.9 Å². The van der Waals surface area contributed by atoms with E-state index in [2.05, 4.69) is 20.4 Å². The molecule has 8 nitrogen and oxygen atoms in total. The molecule has 0 spiro atoms. The van der Waals surface area contributed by atoms with E-state index in [-0.39, 0.29) is 18.4 Å². The molecular weight excluding hydrogens is 324 g/mol. The maximum atomic E-state index is 12.6. The molecule has 2 aromatic rings. The Kier molecular flexibility index (Phi) is 5.18. The smallest absolute Gasteiger partial charge is 0.290 e. The van der Waals surface area contributed by atoms with Gasteiger partial charge in [-0.2, -0.15) is 5.10 Å². The summed E-state index contributed by atoms with van der Waals surface area (Å²) in [6.45, 7) is 3.04. The van der Waals surface area contributed by atoms with Gasteiger partial charge in [0, 0.05) is 18.0 Å². The fourth-order valence-corrected chi connectivity index (χ4v) is 3.66. The Hall–Kier alpha value is -2.61. The van der Waals surface area contributed by atoms with Crippen molar-refractivity contribution in [2.24, 2.45) is 5.92 Å². The number of fused-ring (bicyclic) bond motifs is 4. The lowest BCUT2D eigenvalue weighted by atomic mass is 9.84. The van der Waals surface area contributed by atoms with E-state index < -0.39 is 0 Å². The summed E-state index contributed by atoms with van der Waals surface area (Å²) in [5, 5.41) is 18.0. The van der Waals surface area contributed by atoms with Crippen LogP contribution < -0.4 is 10.1 Å². The van der Waals surface area contributed by atoms with Gasteiger partial charge in [0.05, 0.1) is 12.6 Å². The van der Waals surface area contributed by atoms with Crippen molar-refractivity contribution < 1.29 is 19.4 Å².